The molecule has 3 rings (SSSR count). The van der Waals surface area contributed by atoms with Crippen LogP contribution in [-0.4, -0.2) is 80.7 Å². The largest absolute Gasteiger partial charge is 0.378 e. The van der Waals surface area contributed by atoms with E-state index in [-0.39, 0.29) is 5.91 Å². The minimum absolute atomic E-state index is 0.159. The van der Waals surface area contributed by atoms with Gasteiger partial charge < -0.3 is 25.2 Å². The minimum Gasteiger partial charge on any atom is -0.378 e. The normalized spacial score (nSPS) is 19.2. The smallest absolute Gasteiger partial charge is 0.224 e. The first-order valence-corrected chi connectivity index (χ1v) is 8.94. The predicted octanol–water partition coefficient (Wildman–Crippen LogP) is 0.372. The maximum absolute atomic E-state index is 12.4. The lowest BCUT2D eigenvalue weighted by Gasteiger charge is -2.36. The molecule has 0 radical (unpaired) electrons. The third kappa shape index (κ3) is 4.85. The second kappa shape index (κ2) is 8.71. The van der Waals surface area contributed by atoms with Crippen molar-refractivity contribution in [3.05, 3.63) is 30.3 Å². The first-order chi connectivity index (χ1) is 12.2. The molecule has 25 heavy (non-hydrogen) atoms. The Morgan fingerprint density at radius 1 is 1.00 bits per heavy atom. The number of nitrogens with zero attached hydrogens (tertiary/aromatic N) is 4. The molecule has 7 heteroatoms. The van der Waals surface area contributed by atoms with Crippen LogP contribution in [0.25, 0.3) is 0 Å². The second-order valence-electron chi connectivity index (χ2n) is 6.29. The van der Waals surface area contributed by atoms with E-state index in [9.17, 15) is 4.79 Å². The zero-order valence-corrected chi connectivity index (χ0v) is 14.6. The Balaban J connectivity index is 1.40. The molecule has 136 valence electrons. The third-order valence-electron chi connectivity index (χ3n) is 4.69. The summed E-state index contributed by atoms with van der Waals surface area (Å²) in [6.45, 7) is 6.61. The van der Waals surface area contributed by atoms with Gasteiger partial charge in [-0.05, 0) is 12.1 Å². The molecule has 2 aliphatic heterocycles. The highest BCUT2D eigenvalue weighted by Crippen LogP contribution is 2.15. The molecular formula is C18H27N5O2. The number of carbonyl (C=O) groups excluding carboxylic acids is 1. The van der Waals surface area contributed by atoms with E-state index >= 15 is 0 Å². The Hall–Kier alpha value is -2.28. The molecule has 2 saturated heterocycles. The van der Waals surface area contributed by atoms with E-state index in [1.165, 1.54) is 5.69 Å². The van der Waals surface area contributed by atoms with E-state index in [4.69, 9.17) is 10.5 Å². The predicted molar refractivity (Wildman–Crippen MR) is 98.7 cm³/mol. The lowest BCUT2D eigenvalue weighted by Crippen LogP contribution is -2.49. The van der Waals surface area contributed by atoms with Crippen molar-refractivity contribution in [1.29, 1.82) is 0 Å². The molecule has 1 aromatic carbocycles. The molecule has 0 unspecified atom stereocenters. The average Bonchev–Trinajstić information content (AvgIpc) is 2.69. The zero-order chi connectivity index (χ0) is 17.5. The van der Waals surface area contributed by atoms with Crippen LogP contribution < -0.4 is 10.6 Å². The molecule has 2 heterocycles. The number of amides is 1. The zero-order valence-electron chi connectivity index (χ0n) is 14.6. The number of ether oxygens (including phenoxy) is 1. The molecule has 2 fully saturated rings. The number of hydrogen-bond acceptors (Lipinski definition) is 4. The van der Waals surface area contributed by atoms with Crippen LogP contribution in [0.15, 0.2) is 35.3 Å². The highest BCUT2D eigenvalue weighted by Gasteiger charge is 2.21. The Bertz CT molecular complexity index is 578. The topological polar surface area (TPSA) is 74.4 Å². The molecule has 0 aliphatic carbocycles. The number of nitrogens with two attached hydrogens (primary N) is 1. The van der Waals surface area contributed by atoms with Gasteiger partial charge in [0.05, 0.1) is 19.8 Å². The number of benzene rings is 1. The molecule has 0 atom stereocenters. The van der Waals surface area contributed by atoms with E-state index < -0.39 is 0 Å². The van der Waals surface area contributed by atoms with E-state index in [0.29, 0.717) is 32.1 Å². The number of anilines is 1. The summed E-state index contributed by atoms with van der Waals surface area (Å²) in [6, 6.07) is 10.3. The number of guanidine groups is 1. The van der Waals surface area contributed by atoms with Crippen LogP contribution in [0.4, 0.5) is 5.69 Å². The molecule has 0 spiro atoms. The summed E-state index contributed by atoms with van der Waals surface area (Å²) >= 11 is 0. The van der Waals surface area contributed by atoms with Crippen LogP contribution in [0.2, 0.25) is 0 Å². The third-order valence-corrected chi connectivity index (χ3v) is 4.69. The standard InChI is InChI=1S/C18H27N5O2/c19-18(23-12-14-25-15-13-23)20-7-6-17(24)22-10-8-21(9-11-22)16-4-2-1-3-5-16/h1-5H,6-15H2,(H2,19,20). The van der Waals surface area contributed by atoms with Gasteiger partial charge in [-0.2, -0.15) is 0 Å². The first kappa shape index (κ1) is 17.5. The fraction of sp³-hybridized carbons (Fsp3) is 0.556. The number of piperazine rings is 1. The second-order valence-corrected chi connectivity index (χ2v) is 6.29. The van der Waals surface area contributed by atoms with Crippen molar-refractivity contribution in [2.75, 3.05) is 63.9 Å². The summed E-state index contributed by atoms with van der Waals surface area (Å²) in [5.74, 6) is 0.677. The summed E-state index contributed by atoms with van der Waals surface area (Å²) in [5.41, 5.74) is 7.20. The number of rotatable bonds is 4. The number of para-hydroxylation sites is 1. The molecule has 0 bridgehead atoms. The fourth-order valence-corrected chi connectivity index (χ4v) is 3.17. The van der Waals surface area contributed by atoms with E-state index in [2.05, 4.69) is 22.0 Å². The van der Waals surface area contributed by atoms with E-state index in [1.54, 1.807) is 0 Å². The van der Waals surface area contributed by atoms with Crippen LogP contribution in [0.5, 0.6) is 0 Å². The van der Waals surface area contributed by atoms with Gasteiger partial charge in [-0.1, -0.05) is 18.2 Å². The first-order valence-electron chi connectivity index (χ1n) is 8.94. The van der Waals surface area contributed by atoms with Crippen molar-refractivity contribution < 1.29 is 9.53 Å². The molecule has 0 saturated carbocycles. The van der Waals surface area contributed by atoms with Crippen LogP contribution in [0, 0.1) is 0 Å². The highest BCUT2D eigenvalue weighted by atomic mass is 16.5. The number of aliphatic imine (C=N–C) groups is 1. The van der Waals surface area contributed by atoms with Crippen LogP contribution in [-0.2, 0) is 9.53 Å². The lowest BCUT2D eigenvalue weighted by molar-refractivity contribution is -0.131. The van der Waals surface area contributed by atoms with Crippen LogP contribution in [0.1, 0.15) is 6.42 Å². The maximum atomic E-state index is 12.4. The fourth-order valence-electron chi connectivity index (χ4n) is 3.17. The quantitative estimate of drug-likeness (QED) is 0.630. The van der Waals surface area contributed by atoms with Crippen molar-refractivity contribution in [3.63, 3.8) is 0 Å². The number of hydrogen-bond donors (Lipinski definition) is 1. The van der Waals surface area contributed by atoms with Gasteiger partial charge in [0.15, 0.2) is 5.96 Å². The van der Waals surface area contributed by atoms with Crippen LogP contribution >= 0.6 is 0 Å². The van der Waals surface area contributed by atoms with Gasteiger partial charge in [0.25, 0.3) is 0 Å². The van der Waals surface area contributed by atoms with Gasteiger partial charge in [-0.15, -0.1) is 0 Å². The Morgan fingerprint density at radius 3 is 2.36 bits per heavy atom. The van der Waals surface area contributed by atoms with Crippen LogP contribution in [0.3, 0.4) is 0 Å². The maximum Gasteiger partial charge on any atom is 0.224 e. The molecule has 2 N–H and O–H groups in total. The van der Waals surface area contributed by atoms with Gasteiger partial charge in [0.1, 0.15) is 0 Å². The molecule has 2 aliphatic rings. The van der Waals surface area contributed by atoms with Gasteiger partial charge in [0.2, 0.25) is 5.91 Å². The molecule has 1 aromatic rings. The van der Waals surface area contributed by atoms with Crippen molar-refractivity contribution in [3.8, 4) is 0 Å². The van der Waals surface area contributed by atoms with Crippen molar-refractivity contribution in [1.82, 2.24) is 9.80 Å². The van der Waals surface area contributed by atoms with Crippen molar-refractivity contribution >= 4 is 17.6 Å². The van der Waals surface area contributed by atoms with E-state index in [1.807, 2.05) is 28.0 Å². The van der Waals surface area contributed by atoms with Gasteiger partial charge >= 0.3 is 0 Å². The molecular weight excluding hydrogens is 318 g/mol. The monoisotopic (exact) mass is 345 g/mol. The number of carbonyl (C=O) groups is 1. The van der Waals surface area contributed by atoms with Gasteiger partial charge in [-0.25, -0.2) is 0 Å². The molecule has 7 nitrogen and oxygen atoms in total. The van der Waals surface area contributed by atoms with Gasteiger partial charge in [-0.3, -0.25) is 9.79 Å². The Morgan fingerprint density at radius 2 is 1.68 bits per heavy atom. The summed E-state index contributed by atoms with van der Waals surface area (Å²) in [6.07, 6.45) is 0.413. The Kier molecular flexibility index (Phi) is 6.11. The summed E-state index contributed by atoms with van der Waals surface area (Å²) < 4.78 is 5.30. The van der Waals surface area contributed by atoms with Crippen molar-refractivity contribution in [2.45, 2.75) is 6.42 Å². The highest BCUT2D eigenvalue weighted by molar-refractivity contribution is 5.80. The summed E-state index contributed by atoms with van der Waals surface area (Å²) in [7, 11) is 0. The molecule has 1 amide bonds. The van der Waals surface area contributed by atoms with Crippen molar-refractivity contribution in [2.24, 2.45) is 10.7 Å². The average molecular weight is 345 g/mol. The number of morpholine rings is 1. The Labute approximate surface area is 149 Å². The minimum atomic E-state index is 0.159. The SMILES string of the molecule is NC(=NCCC(=O)N1CCN(c2ccccc2)CC1)N1CCOCC1. The summed E-state index contributed by atoms with van der Waals surface area (Å²) in [4.78, 5) is 23.0. The molecule has 0 aromatic heterocycles. The summed E-state index contributed by atoms with van der Waals surface area (Å²) in [5, 5.41) is 0. The lowest BCUT2D eigenvalue weighted by atomic mass is 10.2. The van der Waals surface area contributed by atoms with Gasteiger partial charge in [0, 0.05) is 51.4 Å². The van der Waals surface area contributed by atoms with E-state index in [0.717, 1.165) is 39.3 Å².